The quantitative estimate of drug-likeness (QED) is 0.718. The molecular weight excluding hydrogens is 180 g/mol. The van der Waals surface area contributed by atoms with Crippen molar-refractivity contribution >= 4 is 11.8 Å². The number of benzene rings is 1. The molecular formula is C10H12N2O2. The van der Waals surface area contributed by atoms with E-state index in [0.29, 0.717) is 5.56 Å². The third-order valence-corrected chi connectivity index (χ3v) is 1.74. The summed E-state index contributed by atoms with van der Waals surface area (Å²) < 4.78 is 0. The molecule has 0 fully saturated rings. The Hall–Kier alpha value is -1.84. The van der Waals surface area contributed by atoms with Crippen molar-refractivity contribution in [2.45, 2.75) is 6.92 Å². The van der Waals surface area contributed by atoms with Crippen LogP contribution in [0.2, 0.25) is 0 Å². The first-order valence-corrected chi connectivity index (χ1v) is 4.23. The highest BCUT2D eigenvalue weighted by Gasteiger charge is 2.04. The zero-order valence-electron chi connectivity index (χ0n) is 7.91. The summed E-state index contributed by atoms with van der Waals surface area (Å²) in [5.41, 5.74) is 6.49. The van der Waals surface area contributed by atoms with Gasteiger partial charge in [0, 0.05) is 5.56 Å². The number of rotatable bonds is 3. The van der Waals surface area contributed by atoms with E-state index in [0.717, 1.165) is 5.56 Å². The average molecular weight is 192 g/mol. The lowest BCUT2D eigenvalue weighted by atomic mass is 10.1. The van der Waals surface area contributed by atoms with Crippen molar-refractivity contribution in [2.24, 2.45) is 5.73 Å². The fraction of sp³-hybridized carbons (Fsp3) is 0.200. The summed E-state index contributed by atoms with van der Waals surface area (Å²) in [6.45, 7) is 1.80. The van der Waals surface area contributed by atoms with Gasteiger partial charge in [-0.05, 0) is 19.1 Å². The molecule has 0 radical (unpaired) electrons. The monoisotopic (exact) mass is 192 g/mol. The van der Waals surface area contributed by atoms with Gasteiger partial charge in [0.05, 0.1) is 6.54 Å². The van der Waals surface area contributed by atoms with Crippen LogP contribution in [0.4, 0.5) is 0 Å². The van der Waals surface area contributed by atoms with Crippen molar-refractivity contribution in [3.05, 3.63) is 35.4 Å². The highest BCUT2D eigenvalue weighted by Crippen LogP contribution is 2.02. The number of carbonyl (C=O) groups excluding carboxylic acids is 2. The van der Waals surface area contributed by atoms with Gasteiger partial charge < -0.3 is 11.1 Å². The molecule has 4 nitrogen and oxygen atoms in total. The van der Waals surface area contributed by atoms with E-state index < -0.39 is 5.91 Å². The summed E-state index contributed by atoms with van der Waals surface area (Å²) in [5.74, 6) is -0.839. The smallest absolute Gasteiger partial charge is 0.251 e. The molecule has 0 aliphatic heterocycles. The standard InChI is InChI=1S/C10H12N2O2/c1-7-2-4-8(5-3-7)10(14)12-6-9(11)13/h2-5H,6H2,1H3,(H2,11,13)(H,12,14). The summed E-state index contributed by atoms with van der Waals surface area (Å²) in [6.07, 6.45) is 0. The number of amides is 2. The predicted molar refractivity (Wildman–Crippen MR) is 52.7 cm³/mol. The molecule has 0 spiro atoms. The molecule has 14 heavy (non-hydrogen) atoms. The Morgan fingerprint density at radius 3 is 2.36 bits per heavy atom. The highest BCUT2D eigenvalue weighted by molar-refractivity contribution is 5.96. The molecule has 3 N–H and O–H groups in total. The van der Waals surface area contributed by atoms with Crippen molar-refractivity contribution < 1.29 is 9.59 Å². The van der Waals surface area contributed by atoms with Crippen LogP contribution < -0.4 is 11.1 Å². The molecule has 1 aromatic carbocycles. The lowest BCUT2D eigenvalue weighted by Gasteiger charge is -2.02. The van der Waals surface area contributed by atoms with Crippen LogP contribution in [0.5, 0.6) is 0 Å². The summed E-state index contributed by atoms with van der Waals surface area (Å²) in [6, 6.07) is 7.07. The maximum absolute atomic E-state index is 11.3. The fourth-order valence-corrected chi connectivity index (χ4v) is 0.974. The minimum atomic E-state index is -0.550. The van der Waals surface area contributed by atoms with E-state index in [-0.39, 0.29) is 12.5 Å². The van der Waals surface area contributed by atoms with E-state index in [1.54, 1.807) is 12.1 Å². The number of hydrogen-bond donors (Lipinski definition) is 2. The van der Waals surface area contributed by atoms with E-state index in [9.17, 15) is 9.59 Å². The van der Waals surface area contributed by atoms with E-state index in [2.05, 4.69) is 5.32 Å². The van der Waals surface area contributed by atoms with Gasteiger partial charge in [0.25, 0.3) is 5.91 Å². The van der Waals surface area contributed by atoms with E-state index >= 15 is 0 Å². The molecule has 0 saturated heterocycles. The van der Waals surface area contributed by atoms with Crippen molar-refractivity contribution in [3.8, 4) is 0 Å². The van der Waals surface area contributed by atoms with Gasteiger partial charge in [-0.3, -0.25) is 9.59 Å². The Kier molecular flexibility index (Phi) is 3.23. The van der Waals surface area contributed by atoms with Crippen molar-refractivity contribution in [1.82, 2.24) is 5.32 Å². The zero-order chi connectivity index (χ0) is 10.6. The molecule has 0 aliphatic rings. The van der Waals surface area contributed by atoms with Gasteiger partial charge in [0.15, 0.2) is 0 Å². The number of nitrogens with one attached hydrogen (secondary N) is 1. The summed E-state index contributed by atoms with van der Waals surface area (Å²) in [5, 5.41) is 2.40. The largest absolute Gasteiger partial charge is 0.368 e. The predicted octanol–water partition coefficient (Wildman–Crippen LogP) is 0.210. The number of carbonyl (C=O) groups is 2. The Labute approximate surface area is 82.1 Å². The van der Waals surface area contributed by atoms with E-state index in [1.165, 1.54) is 0 Å². The second-order valence-electron chi connectivity index (χ2n) is 3.02. The first kappa shape index (κ1) is 10.2. The third-order valence-electron chi connectivity index (χ3n) is 1.74. The number of nitrogens with two attached hydrogens (primary N) is 1. The normalized spacial score (nSPS) is 9.50. The number of primary amides is 1. The fourth-order valence-electron chi connectivity index (χ4n) is 0.974. The van der Waals surface area contributed by atoms with Crippen molar-refractivity contribution in [3.63, 3.8) is 0 Å². The second-order valence-corrected chi connectivity index (χ2v) is 3.02. The second kappa shape index (κ2) is 4.41. The van der Waals surface area contributed by atoms with Crippen LogP contribution in [0.1, 0.15) is 15.9 Å². The lowest BCUT2D eigenvalue weighted by molar-refractivity contribution is -0.117. The summed E-state index contributed by atoms with van der Waals surface area (Å²) in [7, 11) is 0. The van der Waals surface area contributed by atoms with Crippen LogP contribution in [0.15, 0.2) is 24.3 Å². The van der Waals surface area contributed by atoms with Crippen LogP contribution in [-0.2, 0) is 4.79 Å². The van der Waals surface area contributed by atoms with Gasteiger partial charge in [-0.2, -0.15) is 0 Å². The Morgan fingerprint density at radius 2 is 1.86 bits per heavy atom. The molecule has 0 bridgehead atoms. The van der Waals surface area contributed by atoms with Crippen LogP contribution in [0, 0.1) is 6.92 Å². The minimum Gasteiger partial charge on any atom is -0.368 e. The molecule has 74 valence electrons. The number of aryl methyl sites for hydroxylation is 1. The number of hydrogen-bond acceptors (Lipinski definition) is 2. The van der Waals surface area contributed by atoms with E-state index in [4.69, 9.17) is 5.73 Å². The average Bonchev–Trinajstić information content (AvgIpc) is 2.15. The molecule has 0 aromatic heterocycles. The summed E-state index contributed by atoms with van der Waals surface area (Å²) >= 11 is 0. The van der Waals surface area contributed by atoms with Gasteiger partial charge in [-0.25, -0.2) is 0 Å². The first-order valence-electron chi connectivity index (χ1n) is 4.23. The van der Waals surface area contributed by atoms with Gasteiger partial charge >= 0.3 is 0 Å². The van der Waals surface area contributed by atoms with Crippen LogP contribution >= 0.6 is 0 Å². The van der Waals surface area contributed by atoms with Gasteiger partial charge in [-0.15, -0.1) is 0 Å². The Bertz CT molecular complexity index is 344. The first-order chi connectivity index (χ1) is 6.59. The topological polar surface area (TPSA) is 72.2 Å². The molecule has 2 amide bonds. The molecule has 0 saturated carbocycles. The molecule has 0 unspecified atom stereocenters. The van der Waals surface area contributed by atoms with Crippen LogP contribution in [0.3, 0.4) is 0 Å². The van der Waals surface area contributed by atoms with Gasteiger partial charge in [-0.1, -0.05) is 17.7 Å². The molecule has 0 aliphatic carbocycles. The third kappa shape index (κ3) is 2.90. The van der Waals surface area contributed by atoms with Crippen LogP contribution in [-0.4, -0.2) is 18.4 Å². The maximum Gasteiger partial charge on any atom is 0.251 e. The molecule has 1 rings (SSSR count). The highest BCUT2D eigenvalue weighted by atomic mass is 16.2. The molecule has 1 aromatic rings. The molecule has 0 atom stereocenters. The zero-order valence-corrected chi connectivity index (χ0v) is 7.91. The Balaban J connectivity index is 2.61. The van der Waals surface area contributed by atoms with Gasteiger partial charge in [0.1, 0.15) is 0 Å². The molecule has 0 heterocycles. The van der Waals surface area contributed by atoms with Crippen molar-refractivity contribution in [2.75, 3.05) is 6.54 Å². The molecule has 4 heteroatoms. The SMILES string of the molecule is Cc1ccc(C(=O)NCC(N)=O)cc1. The van der Waals surface area contributed by atoms with Gasteiger partial charge in [0.2, 0.25) is 5.91 Å². The van der Waals surface area contributed by atoms with E-state index in [1.807, 2.05) is 19.1 Å². The Morgan fingerprint density at radius 1 is 1.29 bits per heavy atom. The lowest BCUT2D eigenvalue weighted by Crippen LogP contribution is -2.33. The minimum absolute atomic E-state index is 0.132. The maximum atomic E-state index is 11.3. The van der Waals surface area contributed by atoms with Crippen LogP contribution in [0.25, 0.3) is 0 Å². The summed E-state index contributed by atoms with van der Waals surface area (Å²) in [4.78, 5) is 21.7. The van der Waals surface area contributed by atoms with Crippen molar-refractivity contribution in [1.29, 1.82) is 0 Å².